The molecule has 4 heteroatoms. The molecule has 0 spiro atoms. The number of aromatic nitrogens is 1. The maximum absolute atomic E-state index is 11.7. The second kappa shape index (κ2) is 5.89. The van der Waals surface area contributed by atoms with Gasteiger partial charge in [0.1, 0.15) is 10.8 Å². The van der Waals surface area contributed by atoms with Gasteiger partial charge in [0.05, 0.1) is 16.6 Å². The van der Waals surface area contributed by atoms with Gasteiger partial charge in [-0.1, -0.05) is 12.1 Å². The van der Waals surface area contributed by atoms with Crippen molar-refractivity contribution >= 4 is 27.3 Å². The molecule has 0 aliphatic heterocycles. The van der Waals surface area contributed by atoms with Gasteiger partial charge in [0.15, 0.2) is 0 Å². The number of carbonyl (C=O) groups excluding carboxylic acids is 1. The molecule has 2 aromatic rings. The highest BCUT2D eigenvalue weighted by Crippen LogP contribution is 2.22. The Labute approximate surface area is 105 Å². The number of thiazole rings is 1. The SMILES string of the molecule is NCCCCC(=O)Cc1nc2ccccc2s1. The largest absolute Gasteiger partial charge is 0.330 e. The Balaban J connectivity index is 1.96. The molecule has 0 saturated heterocycles. The van der Waals surface area contributed by atoms with E-state index >= 15 is 0 Å². The van der Waals surface area contributed by atoms with Gasteiger partial charge < -0.3 is 5.73 Å². The molecule has 1 aromatic carbocycles. The summed E-state index contributed by atoms with van der Waals surface area (Å²) >= 11 is 1.61. The van der Waals surface area contributed by atoms with Gasteiger partial charge >= 0.3 is 0 Å². The maximum Gasteiger partial charge on any atom is 0.139 e. The average Bonchev–Trinajstić information content (AvgIpc) is 2.71. The number of fused-ring (bicyclic) bond motifs is 1. The topological polar surface area (TPSA) is 56.0 Å². The molecule has 0 aliphatic carbocycles. The minimum Gasteiger partial charge on any atom is -0.330 e. The van der Waals surface area contributed by atoms with E-state index in [2.05, 4.69) is 4.98 Å². The zero-order valence-electron chi connectivity index (χ0n) is 9.69. The molecule has 3 nitrogen and oxygen atoms in total. The number of rotatable bonds is 6. The molecular formula is C13H16N2OS. The van der Waals surface area contributed by atoms with E-state index < -0.39 is 0 Å². The zero-order valence-corrected chi connectivity index (χ0v) is 10.5. The van der Waals surface area contributed by atoms with Crippen LogP contribution in [0.4, 0.5) is 0 Å². The first kappa shape index (κ1) is 12.2. The Morgan fingerprint density at radius 3 is 2.88 bits per heavy atom. The molecule has 0 bridgehead atoms. The molecule has 17 heavy (non-hydrogen) atoms. The van der Waals surface area contributed by atoms with Crippen LogP contribution >= 0.6 is 11.3 Å². The fraction of sp³-hybridized carbons (Fsp3) is 0.385. The summed E-state index contributed by atoms with van der Waals surface area (Å²) in [5.74, 6) is 0.262. The van der Waals surface area contributed by atoms with E-state index in [1.807, 2.05) is 24.3 Å². The lowest BCUT2D eigenvalue weighted by atomic mass is 10.1. The van der Waals surface area contributed by atoms with E-state index in [-0.39, 0.29) is 5.78 Å². The Hall–Kier alpha value is -1.26. The van der Waals surface area contributed by atoms with Gasteiger partial charge in [-0.25, -0.2) is 4.98 Å². The van der Waals surface area contributed by atoms with Gasteiger partial charge in [0.25, 0.3) is 0 Å². The van der Waals surface area contributed by atoms with Crippen LogP contribution in [0.3, 0.4) is 0 Å². The number of carbonyl (C=O) groups is 1. The van der Waals surface area contributed by atoms with Gasteiger partial charge in [-0.2, -0.15) is 0 Å². The van der Waals surface area contributed by atoms with Crippen molar-refractivity contribution in [2.24, 2.45) is 5.73 Å². The first-order chi connectivity index (χ1) is 8.29. The van der Waals surface area contributed by atoms with E-state index in [1.54, 1.807) is 11.3 Å². The maximum atomic E-state index is 11.7. The first-order valence-electron chi connectivity index (χ1n) is 5.86. The van der Waals surface area contributed by atoms with Crippen molar-refractivity contribution in [3.63, 3.8) is 0 Å². The molecule has 0 fully saturated rings. The van der Waals surface area contributed by atoms with Gasteiger partial charge in [-0.3, -0.25) is 4.79 Å². The molecular weight excluding hydrogens is 232 g/mol. The smallest absolute Gasteiger partial charge is 0.139 e. The third kappa shape index (κ3) is 3.35. The number of nitrogens with two attached hydrogens (primary N) is 1. The molecule has 1 heterocycles. The highest BCUT2D eigenvalue weighted by atomic mass is 32.1. The number of para-hydroxylation sites is 1. The van der Waals surface area contributed by atoms with Crippen molar-refractivity contribution in [1.82, 2.24) is 4.98 Å². The molecule has 0 atom stereocenters. The van der Waals surface area contributed by atoms with Crippen molar-refractivity contribution in [2.75, 3.05) is 6.54 Å². The standard InChI is InChI=1S/C13H16N2OS/c14-8-4-3-5-10(16)9-13-15-11-6-1-2-7-12(11)17-13/h1-2,6-7H,3-5,8-9,14H2. The summed E-state index contributed by atoms with van der Waals surface area (Å²) in [4.78, 5) is 16.1. The Morgan fingerprint density at radius 1 is 1.29 bits per heavy atom. The minimum absolute atomic E-state index is 0.262. The average molecular weight is 248 g/mol. The lowest BCUT2D eigenvalue weighted by Gasteiger charge is -1.96. The van der Waals surface area contributed by atoms with Crippen LogP contribution in [0.25, 0.3) is 10.2 Å². The molecule has 0 saturated carbocycles. The van der Waals surface area contributed by atoms with E-state index in [0.29, 0.717) is 19.4 Å². The minimum atomic E-state index is 0.262. The molecule has 0 unspecified atom stereocenters. The molecule has 0 aliphatic rings. The van der Waals surface area contributed by atoms with Crippen LogP contribution < -0.4 is 5.73 Å². The summed E-state index contributed by atoms with van der Waals surface area (Å²) in [6.45, 7) is 0.661. The molecule has 0 amide bonds. The number of hydrogen-bond acceptors (Lipinski definition) is 4. The van der Waals surface area contributed by atoms with Crippen LogP contribution in [-0.2, 0) is 11.2 Å². The van der Waals surface area contributed by atoms with E-state index in [9.17, 15) is 4.79 Å². The summed E-state index contributed by atoms with van der Waals surface area (Å²) in [6.07, 6.45) is 2.89. The van der Waals surface area contributed by atoms with Crippen LogP contribution in [0.1, 0.15) is 24.3 Å². The van der Waals surface area contributed by atoms with Gasteiger partial charge in [0.2, 0.25) is 0 Å². The highest BCUT2D eigenvalue weighted by Gasteiger charge is 2.08. The van der Waals surface area contributed by atoms with Crippen molar-refractivity contribution in [2.45, 2.75) is 25.7 Å². The van der Waals surface area contributed by atoms with Gasteiger partial charge in [-0.05, 0) is 31.5 Å². The Kier molecular flexibility index (Phi) is 4.23. The first-order valence-corrected chi connectivity index (χ1v) is 6.67. The lowest BCUT2D eigenvalue weighted by molar-refractivity contribution is -0.118. The summed E-state index contributed by atoms with van der Waals surface area (Å²) in [7, 11) is 0. The van der Waals surface area contributed by atoms with E-state index in [1.165, 1.54) is 0 Å². The van der Waals surface area contributed by atoms with E-state index in [4.69, 9.17) is 5.73 Å². The number of ketones is 1. The quantitative estimate of drug-likeness (QED) is 0.799. The Morgan fingerprint density at radius 2 is 2.12 bits per heavy atom. The van der Waals surface area contributed by atoms with Crippen LogP contribution in [0, 0.1) is 0 Å². The highest BCUT2D eigenvalue weighted by molar-refractivity contribution is 7.18. The number of benzene rings is 1. The van der Waals surface area contributed by atoms with Crippen LogP contribution in [-0.4, -0.2) is 17.3 Å². The second-order valence-corrected chi connectivity index (χ2v) is 5.15. The van der Waals surface area contributed by atoms with Crippen molar-refractivity contribution in [3.8, 4) is 0 Å². The van der Waals surface area contributed by atoms with E-state index in [0.717, 1.165) is 28.1 Å². The van der Waals surface area contributed by atoms with Crippen LogP contribution in [0.15, 0.2) is 24.3 Å². The summed E-state index contributed by atoms with van der Waals surface area (Å²) in [5, 5.41) is 0.920. The normalized spacial score (nSPS) is 10.9. The summed E-state index contributed by atoms with van der Waals surface area (Å²) < 4.78 is 1.15. The van der Waals surface area contributed by atoms with Crippen LogP contribution in [0.2, 0.25) is 0 Å². The number of hydrogen-bond donors (Lipinski definition) is 1. The third-order valence-corrected chi connectivity index (χ3v) is 3.63. The van der Waals surface area contributed by atoms with Crippen LogP contribution in [0.5, 0.6) is 0 Å². The predicted molar refractivity (Wildman–Crippen MR) is 71.2 cm³/mol. The fourth-order valence-electron chi connectivity index (χ4n) is 1.72. The molecule has 0 radical (unpaired) electrons. The van der Waals surface area contributed by atoms with Gasteiger partial charge in [0, 0.05) is 6.42 Å². The third-order valence-electron chi connectivity index (χ3n) is 2.60. The molecule has 1 aromatic heterocycles. The lowest BCUT2D eigenvalue weighted by Crippen LogP contribution is -2.04. The predicted octanol–water partition coefficient (Wildman–Crippen LogP) is 2.54. The molecule has 90 valence electrons. The van der Waals surface area contributed by atoms with Crippen molar-refractivity contribution in [3.05, 3.63) is 29.3 Å². The van der Waals surface area contributed by atoms with Crippen molar-refractivity contribution < 1.29 is 4.79 Å². The second-order valence-electron chi connectivity index (χ2n) is 4.04. The molecule has 2 N–H and O–H groups in total. The number of unbranched alkanes of at least 4 members (excludes halogenated alkanes) is 1. The Bertz CT molecular complexity index is 474. The monoisotopic (exact) mass is 248 g/mol. The summed E-state index contributed by atoms with van der Waals surface area (Å²) in [6, 6.07) is 7.98. The summed E-state index contributed by atoms with van der Waals surface area (Å²) in [5.41, 5.74) is 6.38. The number of Topliss-reactive ketones (excluding diaryl/α,β-unsaturated/α-hetero) is 1. The zero-order chi connectivity index (χ0) is 12.1. The van der Waals surface area contributed by atoms with Gasteiger partial charge in [-0.15, -0.1) is 11.3 Å². The number of nitrogens with zero attached hydrogens (tertiary/aromatic N) is 1. The molecule has 2 rings (SSSR count). The fourth-order valence-corrected chi connectivity index (χ4v) is 2.71. The van der Waals surface area contributed by atoms with Crippen molar-refractivity contribution in [1.29, 1.82) is 0 Å².